The van der Waals surface area contributed by atoms with Crippen molar-refractivity contribution in [2.24, 2.45) is 0 Å². The van der Waals surface area contributed by atoms with Crippen LogP contribution >= 0.6 is 47.6 Å². The molecule has 0 atom stereocenters. The van der Waals surface area contributed by atoms with Gasteiger partial charge in [-0.25, -0.2) is 0 Å². The van der Waals surface area contributed by atoms with E-state index >= 15 is 0 Å². The summed E-state index contributed by atoms with van der Waals surface area (Å²) in [7, 11) is 0. The fraction of sp³-hybridized carbons (Fsp3) is 0. The summed E-state index contributed by atoms with van der Waals surface area (Å²) in [6, 6.07) is 30.3. The van der Waals surface area contributed by atoms with E-state index in [9.17, 15) is 0 Å². The van der Waals surface area contributed by atoms with Crippen molar-refractivity contribution in [2.45, 2.75) is 14.7 Å². The molecule has 0 aromatic heterocycles. The van der Waals surface area contributed by atoms with Crippen molar-refractivity contribution in [1.29, 1.82) is 0 Å². The highest BCUT2D eigenvalue weighted by Crippen LogP contribution is 2.40. The van der Waals surface area contributed by atoms with Crippen LogP contribution in [-0.4, -0.2) is 0 Å². The molecule has 0 unspecified atom stereocenters. The summed E-state index contributed by atoms with van der Waals surface area (Å²) in [6.45, 7) is 0. The summed E-state index contributed by atoms with van der Waals surface area (Å²) in [6.07, 6.45) is 0. The van der Waals surface area contributed by atoms with Crippen LogP contribution in [0, 0.1) is 0 Å². The molecule has 0 aliphatic carbocycles. The van der Waals surface area contributed by atoms with Crippen LogP contribution in [0.4, 0.5) is 0 Å². The molecule has 0 saturated carbocycles. The van der Waals surface area contributed by atoms with Crippen LogP contribution in [0.1, 0.15) is 0 Å². The Balaban J connectivity index is 1.72. The number of hydrogen-bond donors (Lipinski definition) is 1. The van der Waals surface area contributed by atoms with E-state index in [1.54, 1.807) is 11.8 Å². The Morgan fingerprint density at radius 1 is 0.607 bits per heavy atom. The third kappa shape index (κ3) is 4.11. The van der Waals surface area contributed by atoms with Crippen LogP contribution in [0.25, 0.3) is 22.3 Å². The van der Waals surface area contributed by atoms with Crippen molar-refractivity contribution in [1.82, 2.24) is 0 Å². The first-order valence-corrected chi connectivity index (χ1v) is 10.7. The minimum atomic E-state index is 0.730. The molecule has 4 heteroatoms. The topological polar surface area (TPSA) is 0 Å². The van der Waals surface area contributed by atoms with Crippen molar-refractivity contribution in [3.05, 3.63) is 101 Å². The monoisotopic (exact) mass is 438 g/mol. The lowest BCUT2D eigenvalue weighted by Gasteiger charge is -2.14. The second-order valence-electron chi connectivity index (χ2n) is 6.24. The van der Waals surface area contributed by atoms with Crippen molar-refractivity contribution in [3.63, 3.8) is 0 Å². The van der Waals surface area contributed by atoms with Gasteiger partial charge in [-0.05, 0) is 47.5 Å². The molecule has 0 saturated heterocycles. The van der Waals surface area contributed by atoms with E-state index in [-0.39, 0.29) is 0 Å². The Kier molecular flexibility index (Phi) is 6.03. The molecule has 138 valence electrons. The quantitative estimate of drug-likeness (QED) is 0.310. The van der Waals surface area contributed by atoms with Gasteiger partial charge >= 0.3 is 0 Å². The molecule has 0 radical (unpaired) electrons. The lowest BCUT2D eigenvalue weighted by Crippen LogP contribution is -1.88. The van der Waals surface area contributed by atoms with Crippen LogP contribution < -0.4 is 0 Å². The molecule has 4 aromatic rings. The SMILES string of the molecule is Sc1cccc(-c2ccccc2Cl)c1-c1ccc(Sc2ccccc2Cl)cc1. The first-order chi connectivity index (χ1) is 13.6. The van der Waals surface area contributed by atoms with Gasteiger partial charge in [0.25, 0.3) is 0 Å². The largest absolute Gasteiger partial charge is 0.143 e. The lowest BCUT2D eigenvalue weighted by molar-refractivity contribution is 1.39. The highest BCUT2D eigenvalue weighted by molar-refractivity contribution is 7.99. The smallest absolute Gasteiger partial charge is 0.0545 e. The molecular formula is C24H16Cl2S2. The van der Waals surface area contributed by atoms with Gasteiger partial charge in [0.15, 0.2) is 0 Å². The van der Waals surface area contributed by atoms with Gasteiger partial charge in [0, 0.05) is 30.8 Å². The van der Waals surface area contributed by atoms with Crippen molar-refractivity contribution < 1.29 is 0 Å². The Bertz CT molecular complexity index is 1120. The molecular weight excluding hydrogens is 423 g/mol. The van der Waals surface area contributed by atoms with Crippen molar-refractivity contribution in [3.8, 4) is 22.3 Å². The van der Waals surface area contributed by atoms with Gasteiger partial charge in [-0.3, -0.25) is 0 Å². The van der Waals surface area contributed by atoms with Gasteiger partial charge < -0.3 is 0 Å². The molecule has 28 heavy (non-hydrogen) atoms. The number of hydrogen-bond acceptors (Lipinski definition) is 2. The highest BCUT2D eigenvalue weighted by atomic mass is 35.5. The number of halogens is 2. The molecule has 0 fully saturated rings. The fourth-order valence-corrected chi connectivity index (χ4v) is 4.75. The molecule has 4 aromatic carbocycles. The van der Waals surface area contributed by atoms with Crippen LogP contribution in [0.15, 0.2) is 106 Å². The van der Waals surface area contributed by atoms with Crippen LogP contribution in [0.3, 0.4) is 0 Å². The van der Waals surface area contributed by atoms with Crippen LogP contribution in [0.2, 0.25) is 10.0 Å². The van der Waals surface area contributed by atoms with E-state index in [4.69, 9.17) is 35.8 Å². The maximum atomic E-state index is 6.46. The van der Waals surface area contributed by atoms with Gasteiger partial charge in [-0.2, -0.15) is 0 Å². The van der Waals surface area contributed by atoms with E-state index in [0.717, 1.165) is 47.0 Å². The van der Waals surface area contributed by atoms with E-state index in [0.29, 0.717) is 0 Å². The summed E-state index contributed by atoms with van der Waals surface area (Å²) in [5.74, 6) is 0. The zero-order chi connectivity index (χ0) is 19.5. The van der Waals surface area contributed by atoms with Crippen LogP contribution in [-0.2, 0) is 0 Å². The summed E-state index contributed by atoms with van der Waals surface area (Å²) in [4.78, 5) is 3.10. The molecule has 0 aliphatic rings. The number of rotatable bonds is 4. The maximum absolute atomic E-state index is 6.46. The minimum absolute atomic E-state index is 0.730. The summed E-state index contributed by atoms with van der Waals surface area (Å²) >= 11 is 19.1. The second-order valence-corrected chi connectivity index (χ2v) is 8.65. The molecule has 0 N–H and O–H groups in total. The number of thiol groups is 1. The highest BCUT2D eigenvalue weighted by Gasteiger charge is 2.13. The Morgan fingerprint density at radius 3 is 1.96 bits per heavy atom. The predicted octanol–water partition coefficient (Wildman–Crippen LogP) is 8.77. The average molecular weight is 439 g/mol. The van der Waals surface area contributed by atoms with Gasteiger partial charge in [0.05, 0.1) is 5.02 Å². The minimum Gasteiger partial charge on any atom is -0.143 e. The molecule has 0 nitrogen and oxygen atoms in total. The summed E-state index contributed by atoms with van der Waals surface area (Å²) in [5.41, 5.74) is 4.26. The van der Waals surface area contributed by atoms with E-state index < -0.39 is 0 Å². The van der Waals surface area contributed by atoms with Crippen molar-refractivity contribution >= 4 is 47.6 Å². The Labute approximate surface area is 184 Å². The van der Waals surface area contributed by atoms with Gasteiger partial charge in [-0.15, -0.1) is 12.6 Å². The van der Waals surface area contributed by atoms with Gasteiger partial charge in [-0.1, -0.05) is 89.6 Å². The first-order valence-electron chi connectivity index (χ1n) is 8.73. The predicted molar refractivity (Wildman–Crippen MR) is 125 cm³/mol. The van der Waals surface area contributed by atoms with E-state index in [1.165, 1.54) is 0 Å². The Hall–Kier alpha value is -1.84. The first kappa shape index (κ1) is 19.5. The third-order valence-corrected chi connectivity index (χ3v) is 6.64. The fourth-order valence-electron chi connectivity index (χ4n) is 3.09. The van der Waals surface area contributed by atoms with Gasteiger partial charge in [0.2, 0.25) is 0 Å². The third-order valence-electron chi connectivity index (χ3n) is 4.41. The average Bonchev–Trinajstić information content (AvgIpc) is 2.71. The maximum Gasteiger partial charge on any atom is 0.0545 e. The molecule has 0 bridgehead atoms. The molecule has 0 heterocycles. The molecule has 0 spiro atoms. The van der Waals surface area contributed by atoms with E-state index in [2.05, 4.69) is 30.3 Å². The lowest BCUT2D eigenvalue weighted by atomic mass is 9.94. The summed E-state index contributed by atoms with van der Waals surface area (Å²) < 4.78 is 0. The molecule has 4 rings (SSSR count). The van der Waals surface area contributed by atoms with Crippen LogP contribution in [0.5, 0.6) is 0 Å². The standard InChI is InChI=1S/C24H16Cl2S2/c25-20-8-2-1-6-18(20)19-7-5-10-22(27)24(19)16-12-14-17(15-13-16)28-23-11-4-3-9-21(23)26/h1-15,27H. The number of benzene rings is 4. The molecule has 0 amide bonds. The summed E-state index contributed by atoms with van der Waals surface area (Å²) in [5, 5.41) is 1.49. The zero-order valence-corrected chi connectivity index (χ0v) is 18.0. The zero-order valence-electron chi connectivity index (χ0n) is 14.8. The second kappa shape index (κ2) is 8.67. The van der Waals surface area contributed by atoms with Crippen molar-refractivity contribution in [2.75, 3.05) is 0 Å². The van der Waals surface area contributed by atoms with E-state index in [1.807, 2.05) is 60.7 Å². The molecule has 0 aliphatic heterocycles. The van der Waals surface area contributed by atoms with Gasteiger partial charge in [0.1, 0.15) is 0 Å². The normalized spacial score (nSPS) is 10.8. The Morgan fingerprint density at radius 2 is 1.25 bits per heavy atom.